The van der Waals surface area contributed by atoms with Crippen molar-refractivity contribution in [1.29, 1.82) is 0 Å². The molecule has 2 rings (SSSR count). The fraction of sp³-hybridized carbons (Fsp3) is 0.600. The van der Waals surface area contributed by atoms with Crippen LogP contribution in [0.15, 0.2) is 35.2 Å². The summed E-state index contributed by atoms with van der Waals surface area (Å²) in [6.07, 6.45) is 2.85. The highest BCUT2D eigenvalue weighted by Gasteiger charge is 2.18. The average Bonchev–Trinajstić information content (AvgIpc) is 2.47. The second-order valence-corrected chi connectivity index (χ2v) is 6.72. The van der Waals surface area contributed by atoms with E-state index in [0.717, 1.165) is 11.9 Å². The molecule has 1 fully saturated rings. The minimum atomic E-state index is 0.482. The van der Waals surface area contributed by atoms with E-state index >= 15 is 0 Å². The van der Waals surface area contributed by atoms with Crippen molar-refractivity contribution >= 4 is 27.7 Å². The number of benzene rings is 1. The van der Waals surface area contributed by atoms with Gasteiger partial charge in [-0.3, -0.25) is 0 Å². The normalized spacial score (nSPS) is 17.7. The molecule has 0 aromatic heterocycles. The zero-order valence-electron chi connectivity index (χ0n) is 11.3. The van der Waals surface area contributed by atoms with Crippen molar-refractivity contribution in [2.24, 2.45) is 0 Å². The van der Waals surface area contributed by atoms with Gasteiger partial charge in [0.05, 0.1) is 12.7 Å². The van der Waals surface area contributed by atoms with Crippen molar-refractivity contribution in [2.45, 2.75) is 23.8 Å². The highest BCUT2D eigenvalue weighted by molar-refractivity contribution is 9.09. The van der Waals surface area contributed by atoms with Crippen LogP contribution in [-0.2, 0) is 4.74 Å². The topological polar surface area (TPSA) is 12.5 Å². The van der Waals surface area contributed by atoms with Gasteiger partial charge in [-0.2, -0.15) is 0 Å². The standard InChI is InChI=1S/C15H22BrNOS/c16-8-12-18-14-6-9-17(10-7-14)11-13-19-15-4-2-1-3-5-15/h1-5,14H,6-13H2. The third-order valence-corrected chi connectivity index (χ3v) is 4.70. The van der Waals surface area contributed by atoms with Crippen LogP contribution < -0.4 is 0 Å². The number of ether oxygens (including phenoxy) is 1. The Morgan fingerprint density at radius 3 is 2.63 bits per heavy atom. The van der Waals surface area contributed by atoms with E-state index in [1.165, 1.54) is 43.1 Å². The molecule has 0 amide bonds. The van der Waals surface area contributed by atoms with E-state index in [2.05, 4.69) is 51.2 Å². The summed E-state index contributed by atoms with van der Waals surface area (Å²) in [6, 6.07) is 10.7. The van der Waals surface area contributed by atoms with E-state index in [4.69, 9.17) is 4.74 Å². The molecule has 0 unspecified atom stereocenters. The Morgan fingerprint density at radius 2 is 1.95 bits per heavy atom. The zero-order valence-corrected chi connectivity index (χ0v) is 13.7. The Hall–Kier alpha value is -0.0300. The molecule has 2 nitrogen and oxygen atoms in total. The summed E-state index contributed by atoms with van der Waals surface area (Å²) in [6.45, 7) is 4.39. The third kappa shape index (κ3) is 5.86. The van der Waals surface area contributed by atoms with Gasteiger partial charge in [-0.1, -0.05) is 34.1 Å². The van der Waals surface area contributed by atoms with Crippen LogP contribution in [0.5, 0.6) is 0 Å². The highest BCUT2D eigenvalue weighted by atomic mass is 79.9. The molecule has 1 saturated heterocycles. The van der Waals surface area contributed by atoms with E-state index in [-0.39, 0.29) is 0 Å². The number of thioether (sulfide) groups is 1. The molecule has 0 radical (unpaired) electrons. The Morgan fingerprint density at radius 1 is 1.21 bits per heavy atom. The molecular weight excluding hydrogens is 322 g/mol. The van der Waals surface area contributed by atoms with Crippen molar-refractivity contribution < 1.29 is 4.74 Å². The van der Waals surface area contributed by atoms with Gasteiger partial charge in [-0.05, 0) is 25.0 Å². The van der Waals surface area contributed by atoms with Crippen LogP contribution in [0.2, 0.25) is 0 Å². The molecule has 1 aromatic rings. The van der Waals surface area contributed by atoms with Crippen LogP contribution in [0.1, 0.15) is 12.8 Å². The molecule has 1 heterocycles. The SMILES string of the molecule is BrCCOC1CCN(CCSc2ccccc2)CC1. The maximum absolute atomic E-state index is 5.78. The van der Waals surface area contributed by atoms with E-state index in [1.54, 1.807) is 0 Å². The van der Waals surface area contributed by atoms with Gasteiger partial charge in [-0.15, -0.1) is 11.8 Å². The lowest BCUT2D eigenvalue weighted by atomic mass is 10.1. The minimum absolute atomic E-state index is 0.482. The van der Waals surface area contributed by atoms with Gasteiger partial charge in [-0.25, -0.2) is 0 Å². The van der Waals surface area contributed by atoms with Gasteiger partial charge in [0.1, 0.15) is 0 Å². The molecule has 1 aliphatic rings. The fourth-order valence-corrected chi connectivity index (χ4v) is 3.44. The Labute approximate surface area is 129 Å². The Balaban J connectivity index is 1.58. The van der Waals surface area contributed by atoms with Crippen molar-refractivity contribution in [2.75, 3.05) is 37.3 Å². The molecule has 0 atom stereocenters. The van der Waals surface area contributed by atoms with Gasteiger partial charge in [0, 0.05) is 35.6 Å². The molecule has 1 aliphatic heterocycles. The zero-order chi connectivity index (χ0) is 13.3. The molecule has 0 aliphatic carbocycles. The number of hydrogen-bond donors (Lipinski definition) is 0. The lowest BCUT2D eigenvalue weighted by molar-refractivity contribution is 0.0173. The molecule has 19 heavy (non-hydrogen) atoms. The fourth-order valence-electron chi connectivity index (χ4n) is 2.32. The number of hydrogen-bond acceptors (Lipinski definition) is 3. The smallest absolute Gasteiger partial charge is 0.0599 e. The molecular formula is C15H22BrNOS. The predicted molar refractivity (Wildman–Crippen MR) is 86.4 cm³/mol. The first-order valence-electron chi connectivity index (χ1n) is 6.96. The lowest BCUT2D eigenvalue weighted by Crippen LogP contribution is -2.38. The van der Waals surface area contributed by atoms with Crippen LogP contribution in [0.4, 0.5) is 0 Å². The predicted octanol–water partition coefficient (Wildman–Crippen LogP) is 3.65. The van der Waals surface area contributed by atoms with Crippen LogP contribution in [0, 0.1) is 0 Å². The number of piperidine rings is 1. The molecule has 106 valence electrons. The molecule has 1 aromatic carbocycles. The van der Waals surface area contributed by atoms with Crippen LogP contribution in [-0.4, -0.2) is 48.3 Å². The van der Waals surface area contributed by atoms with Crippen molar-refractivity contribution in [1.82, 2.24) is 4.90 Å². The van der Waals surface area contributed by atoms with Crippen LogP contribution in [0.3, 0.4) is 0 Å². The Kier molecular flexibility index (Phi) is 7.28. The maximum atomic E-state index is 5.78. The van der Waals surface area contributed by atoms with Gasteiger partial charge in [0.25, 0.3) is 0 Å². The molecule has 4 heteroatoms. The van der Waals surface area contributed by atoms with Crippen molar-refractivity contribution in [3.63, 3.8) is 0 Å². The van der Waals surface area contributed by atoms with E-state index in [0.29, 0.717) is 6.10 Å². The monoisotopic (exact) mass is 343 g/mol. The minimum Gasteiger partial charge on any atom is -0.377 e. The first-order valence-corrected chi connectivity index (χ1v) is 9.07. The number of alkyl halides is 1. The number of rotatable bonds is 7. The lowest BCUT2D eigenvalue weighted by Gasteiger charge is -2.31. The first-order chi connectivity index (χ1) is 9.38. The molecule has 0 spiro atoms. The first kappa shape index (κ1) is 15.4. The average molecular weight is 344 g/mol. The van der Waals surface area contributed by atoms with Crippen molar-refractivity contribution in [3.05, 3.63) is 30.3 Å². The largest absolute Gasteiger partial charge is 0.377 e. The molecule has 0 N–H and O–H groups in total. The van der Waals surface area contributed by atoms with Gasteiger partial charge >= 0.3 is 0 Å². The van der Waals surface area contributed by atoms with Crippen LogP contribution in [0.25, 0.3) is 0 Å². The van der Waals surface area contributed by atoms with Crippen LogP contribution >= 0.6 is 27.7 Å². The number of nitrogens with zero attached hydrogens (tertiary/aromatic N) is 1. The number of likely N-dealkylation sites (tertiary alicyclic amines) is 1. The molecule has 0 bridgehead atoms. The van der Waals surface area contributed by atoms with Crippen molar-refractivity contribution in [3.8, 4) is 0 Å². The third-order valence-electron chi connectivity index (χ3n) is 3.38. The summed E-state index contributed by atoms with van der Waals surface area (Å²) < 4.78 is 5.78. The van der Waals surface area contributed by atoms with E-state index in [9.17, 15) is 0 Å². The summed E-state index contributed by atoms with van der Waals surface area (Å²) in [4.78, 5) is 3.93. The van der Waals surface area contributed by atoms with E-state index in [1.807, 2.05) is 11.8 Å². The Bertz CT molecular complexity index is 341. The summed E-state index contributed by atoms with van der Waals surface area (Å²) in [5.41, 5.74) is 0. The summed E-state index contributed by atoms with van der Waals surface area (Å²) in [7, 11) is 0. The quantitative estimate of drug-likeness (QED) is 0.553. The maximum Gasteiger partial charge on any atom is 0.0599 e. The van der Waals surface area contributed by atoms with Gasteiger partial charge < -0.3 is 9.64 Å². The second-order valence-electron chi connectivity index (χ2n) is 4.76. The summed E-state index contributed by atoms with van der Waals surface area (Å²) in [5, 5.41) is 0.945. The summed E-state index contributed by atoms with van der Waals surface area (Å²) in [5.74, 6) is 1.18. The van der Waals surface area contributed by atoms with Gasteiger partial charge in [0.15, 0.2) is 0 Å². The number of halogens is 1. The second kappa shape index (κ2) is 9.01. The molecule has 0 saturated carbocycles. The highest BCUT2D eigenvalue weighted by Crippen LogP contribution is 2.19. The summed E-state index contributed by atoms with van der Waals surface area (Å²) >= 11 is 5.36. The van der Waals surface area contributed by atoms with E-state index < -0.39 is 0 Å². The van der Waals surface area contributed by atoms with Gasteiger partial charge in [0.2, 0.25) is 0 Å².